The van der Waals surface area contributed by atoms with Crippen LogP contribution in [0.4, 0.5) is 0 Å². The summed E-state index contributed by atoms with van der Waals surface area (Å²) in [4.78, 5) is 0. The van der Waals surface area contributed by atoms with E-state index in [4.69, 9.17) is 4.74 Å². The van der Waals surface area contributed by atoms with Crippen LogP contribution in [0.3, 0.4) is 0 Å². The summed E-state index contributed by atoms with van der Waals surface area (Å²) in [6.45, 7) is 2.02. The third kappa shape index (κ3) is 4.51. The van der Waals surface area contributed by atoms with Crippen molar-refractivity contribution < 1.29 is 13.2 Å². The molecule has 0 aromatic heterocycles. The summed E-state index contributed by atoms with van der Waals surface area (Å²) in [7, 11) is 0.273. The predicted molar refractivity (Wildman–Crippen MR) is 83.4 cm³/mol. The third-order valence-electron chi connectivity index (χ3n) is 3.87. The first-order valence-corrected chi connectivity index (χ1v) is 8.90. The summed E-state index contributed by atoms with van der Waals surface area (Å²) in [6.07, 6.45) is 1.55. The lowest BCUT2D eigenvalue weighted by atomic mass is 10.1. The van der Waals surface area contributed by atoms with E-state index in [1.54, 1.807) is 7.05 Å². The maximum atomic E-state index is 12.5. The van der Waals surface area contributed by atoms with Crippen molar-refractivity contribution in [3.05, 3.63) is 35.4 Å². The second-order valence-electron chi connectivity index (χ2n) is 5.47. The summed E-state index contributed by atoms with van der Waals surface area (Å²) in [5.74, 6) is 0.0540. The van der Waals surface area contributed by atoms with Crippen molar-refractivity contribution >= 4 is 10.0 Å². The minimum Gasteiger partial charge on any atom is -0.381 e. The maximum absolute atomic E-state index is 12.5. The number of ether oxygens (including phenoxy) is 1. The Labute approximate surface area is 127 Å². The van der Waals surface area contributed by atoms with Gasteiger partial charge in [0.15, 0.2) is 0 Å². The van der Waals surface area contributed by atoms with Crippen molar-refractivity contribution in [1.29, 1.82) is 0 Å². The van der Waals surface area contributed by atoms with E-state index in [9.17, 15) is 8.42 Å². The van der Waals surface area contributed by atoms with Gasteiger partial charge in [0.2, 0.25) is 10.0 Å². The van der Waals surface area contributed by atoms with Gasteiger partial charge in [-0.1, -0.05) is 24.3 Å². The molecule has 1 fully saturated rings. The number of nitrogens with zero attached hydrogens (tertiary/aromatic N) is 1. The van der Waals surface area contributed by atoms with Crippen molar-refractivity contribution in [3.63, 3.8) is 0 Å². The lowest BCUT2D eigenvalue weighted by Gasteiger charge is -2.30. The number of nitrogens with one attached hydrogen (secondary N) is 1. The minimum absolute atomic E-state index is 0.0540. The van der Waals surface area contributed by atoms with Gasteiger partial charge in [-0.3, -0.25) is 0 Å². The van der Waals surface area contributed by atoms with Crippen LogP contribution in [-0.2, 0) is 27.1 Å². The van der Waals surface area contributed by atoms with Crippen LogP contribution in [0.25, 0.3) is 0 Å². The largest absolute Gasteiger partial charge is 0.381 e. The Bertz CT molecular complexity index is 554. The Balaban J connectivity index is 2.07. The smallest absolute Gasteiger partial charge is 0.218 e. The highest BCUT2D eigenvalue weighted by Gasteiger charge is 2.27. The summed E-state index contributed by atoms with van der Waals surface area (Å²) in [6, 6.07) is 7.78. The Morgan fingerprint density at radius 3 is 2.62 bits per heavy atom. The quantitative estimate of drug-likeness (QED) is 0.861. The van der Waals surface area contributed by atoms with Crippen LogP contribution in [0.2, 0.25) is 0 Å². The lowest BCUT2D eigenvalue weighted by Crippen LogP contribution is -2.41. The molecular formula is C15H24N2O3S. The molecule has 1 saturated heterocycles. The molecule has 0 atom stereocenters. The average Bonchev–Trinajstić information content (AvgIpc) is 2.47. The van der Waals surface area contributed by atoms with E-state index >= 15 is 0 Å². The molecule has 21 heavy (non-hydrogen) atoms. The van der Waals surface area contributed by atoms with Gasteiger partial charge in [-0.05, 0) is 31.0 Å². The monoisotopic (exact) mass is 312 g/mol. The molecular weight excluding hydrogens is 288 g/mol. The first-order valence-electron chi connectivity index (χ1n) is 7.29. The van der Waals surface area contributed by atoms with E-state index in [-0.39, 0.29) is 11.8 Å². The molecule has 1 aromatic rings. The summed E-state index contributed by atoms with van der Waals surface area (Å²) >= 11 is 0. The summed E-state index contributed by atoms with van der Waals surface area (Å²) in [5, 5.41) is 3.07. The predicted octanol–water partition coefficient (Wildman–Crippen LogP) is 1.35. The third-order valence-corrected chi connectivity index (χ3v) is 5.74. The second kappa shape index (κ2) is 7.35. The zero-order chi connectivity index (χ0) is 15.3. The molecule has 1 N–H and O–H groups in total. The van der Waals surface area contributed by atoms with Crippen LogP contribution in [0, 0.1) is 0 Å². The Hall–Kier alpha value is -0.950. The van der Waals surface area contributed by atoms with Crippen LogP contribution in [0.1, 0.15) is 24.0 Å². The maximum Gasteiger partial charge on any atom is 0.218 e. The van der Waals surface area contributed by atoms with Gasteiger partial charge in [-0.15, -0.1) is 0 Å². The van der Waals surface area contributed by atoms with Crippen LogP contribution in [0.5, 0.6) is 0 Å². The fraction of sp³-hybridized carbons (Fsp3) is 0.600. The van der Waals surface area contributed by atoms with Crippen molar-refractivity contribution in [3.8, 4) is 0 Å². The molecule has 0 radical (unpaired) electrons. The zero-order valence-electron chi connectivity index (χ0n) is 12.7. The summed E-state index contributed by atoms with van der Waals surface area (Å²) < 4.78 is 31.9. The Morgan fingerprint density at radius 1 is 1.29 bits per heavy atom. The zero-order valence-corrected chi connectivity index (χ0v) is 13.5. The molecule has 1 aromatic carbocycles. The lowest BCUT2D eigenvalue weighted by molar-refractivity contribution is 0.0632. The topological polar surface area (TPSA) is 58.6 Å². The molecule has 5 nitrogen and oxygen atoms in total. The minimum atomic E-state index is -3.29. The van der Waals surface area contributed by atoms with Crippen molar-refractivity contribution in [2.45, 2.75) is 31.2 Å². The van der Waals surface area contributed by atoms with Crippen LogP contribution < -0.4 is 5.32 Å². The molecule has 2 rings (SSSR count). The molecule has 0 saturated carbocycles. The van der Waals surface area contributed by atoms with Gasteiger partial charge in [-0.25, -0.2) is 12.7 Å². The first kappa shape index (κ1) is 16.4. The molecule has 0 aliphatic carbocycles. The second-order valence-corrected chi connectivity index (χ2v) is 7.49. The number of hydrogen-bond acceptors (Lipinski definition) is 4. The average molecular weight is 312 g/mol. The van der Waals surface area contributed by atoms with Crippen LogP contribution >= 0.6 is 0 Å². The molecule has 0 unspecified atom stereocenters. The van der Waals surface area contributed by atoms with Crippen molar-refractivity contribution in [2.24, 2.45) is 0 Å². The van der Waals surface area contributed by atoms with Gasteiger partial charge >= 0.3 is 0 Å². The number of benzene rings is 1. The van der Waals surface area contributed by atoms with E-state index in [0.717, 1.165) is 30.5 Å². The molecule has 118 valence electrons. The fourth-order valence-corrected chi connectivity index (χ4v) is 4.09. The van der Waals surface area contributed by atoms with E-state index in [1.807, 2.05) is 31.3 Å². The molecule has 1 aliphatic rings. The van der Waals surface area contributed by atoms with Gasteiger partial charge in [0, 0.05) is 32.8 Å². The highest BCUT2D eigenvalue weighted by molar-refractivity contribution is 7.88. The van der Waals surface area contributed by atoms with Crippen molar-refractivity contribution in [2.75, 3.05) is 27.3 Å². The number of hydrogen-bond donors (Lipinski definition) is 1. The number of rotatable bonds is 6. The van der Waals surface area contributed by atoms with E-state index in [0.29, 0.717) is 13.2 Å². The highest BCUT2D eigenvalue weighted by atomic mass is 32.2. The highest BCUT2D eigenvalue weighted by Crippen LogP contribution is 2.19. The Morgan fingerprint density at radius 2 is 1.95 bits per heavy atom. The Kier molecular flexibility index (Phi) is 5.75. The normalized spacial score (nSPS) is 17.3. The standard InChI is InChI=1S/C15H24N2O3S/c1-16-11-13-4-3-5-14(10-13)12-21(18,19)17(2)15-6-8-20-9-7-15/h3-5,10,15-16H,6-9,11-12H2,1-2H3. The molecule has 1 heterocycles. The first-order chi connectivity index (χ1) is 10.0. The molecule has 0 amide bonds. The van der Waals surface area contributed by atoms with Gasteiger partial charge in [0.25, 0.3) is 0 Å². The fourth-order valence-electron chi connectivity index (χ4n) is 2.62. The van der Waals surface area contributed by atoms with Gasteiger partial charge < -0.3 is 10.1 Å². The molecule has 0 spiro atoms. The number of sulfonamides is 1. The van der Waals surface area contributed by atoms with Gasteiger partial charge in [0.05, 0.1) is 5.75 Å². The van der Waals surface area contributed by atoms with Crippen LogP contribution in [0.15, 0.2) is 24.3 Å². The van der Waals surface area contributed by atoms with Crippen molar-refractivity contribution in [1.82, 2.24) is 9.62 Å². The molecule has 6 heteroatoms. The van der Waals surface area contributed by atoms with E-state index in [1.165, 1.54) is 4.31 Å². The molecule has 1 aliphatic heterocycles. The van der Waals surface area contributed by atoms with Crippen LogP contribution in [-0.4, -0.2) is 46.1 Å². The SMILES string of the molecule is CNCc1cccc(CS(=O)(=O)N(C)C2CCOCC2)c1. The summed E-state index contributed by atoms with van der Waals surface area (Å²) in [5.41, 5.74) is 1.93. The van der Waals surface area contributed by atoms with Gasteiger partial charge in [-0.2, -0.15) is 0 Å². The van der Waals surface area contributed by atoms with Gasteiger partial charge in [0.1, 0.15) is 0 Å². The van der Waals surface area contributed by atoms with E-state index < -0.39 is 10.0 Å². The molecule has 0 bridgehead atoms. The van der Waals surface area contributed by atoms with E-state index in [2.05, 4.69) is 5.32 Å².